The number of ether oxygens (including phenoxy) is 2. The molecule has 1 N–H and O–H groups in total. The largest absolute Gasteiger partial charge is 0.493 e. The maximum atomic E-state index is 14.6. The molecule has 12 aromatic rings. The summed E-state index contributed by atoms with van der Waals surface area (Å²) in [6.07, 6.45) is 19.2. The standard InChI is InChI=1S/C95H117N17O5S/c1-8-12-51-107(52-13-9-2)91(113)80-43-41-77-88(101-80)109(86(99-77)71-31-23-28-67(60-71)63-96)58-27-56-106-55-22-19-32-82(106)70-34-45-85-74(61-70)75(66-118-85)87-100-78-42-44-81(92(114)108(53-14-10-3)54-15-11-4)102-89(78)110(87)57-26-50-105-48-24-29-68(64-105)65-116-73-37-35-72(36-38-73)97-93-103-79-40-39-76(98-90(79)111(93)59-25-49-104-46-20-16-21-47-104)84-62-69-30-17-18-33-83(69)112(84)94(115)117-95(5,6)7/h17-18,23,28,30-31,33-45,60-62,66,68,82H,8-16,19-22,24-27,29,32,46-59,64-65H2,1-7H3,(H,97,103). The van der Waals surface area contributed by atoms with Crippen molar-refractivity contribution >= 4 is 95.4 Å². The van der Waals surface area contributed by atoms with Crippen molar-refractivity contribution in [3.8, 4) is 46.0 Å². The van der Waals surface area contributed by atoms with Crippen LogP contribution >= 0.6 is 11.3 Å². The van der Waals surface area contributed by atoms with Gasteiger partial charge in [-0.2, -0.15) is 5.26 Å². The molecule has 15 rings (SSSR count). The third-order valence-corrected chi connectivity index (χ3v) is 24.7. The molecule has 0 aliphatic carbocycles. The van der Waals surface area contributed by atoms with E-state index in [2.05, 4.69) is 103 Å². The number of thiophene rings is 1. The minimum absolute atomic E-state index is 0.0243. The minimum atomic E-state index is -0.686. The number of aromatic nitrogens is 10. The number of nitrogens with one attached hydrogen (secondary N) is 1. The molecule has 0 radical (unpaired) electrons. The topological polar surface area (TPSA) is 219 Å². The molecule has 3 fully saturated rings. The van der Waals surface area contributed by atoms with Crippen LogP contribution in [0.4, 0.5) is 16.4 Å². The second kappa shape index (κ2) is 38.6. The van der Waals surface area contributed by atoms with E-state index in [1.807, 2.05) is 134 Å². The van der Waals surface area contributed by atoms with Crippen LogP contribution in [0.5, 0.6) is 5.75 Å². The predicted molar refractivity (Wildman–Crippen MR) is 474 cm³/mol. The summed E-state index contributed by atoms with van der Waals surface area (Å²) in [6, 6.07) is 47.0. The number of para-hydroxylation sites is 1. The fourth-order valence-corrected chi connectivity index (χ4v) is 18.4. The van der Waals surface area contributed by atoms with Gasteiger partial charge in [0, 0.05) is 109 Å². The van der Waals surface area contributed by atoms with Crippen LogP contribution in [-0.2, 0) is 24.4 Å². The van der Waals surface area contributed by atoms with E-state index in [-0.39, 0.29) is 17.9 Å². The molecule has 0 saturated carbocycles. The number of amides is 2. The summed E-state index contributed by atoms with van der Waals surface area (Å²) < 4.78 is 22.1. The summed E-state index contributed by atoms with van der Waals surface area (Å²) in [5, 5.41) is 18.0. The molecule has 0 spiro atoms. The number of nitriles is 1. The Balaban J connectivity index is 0.641. The van der Waals surface area contributed by atoms with Crippen LogP contribution in [-0.4, -0.2) is 181 Å². The Morgan fingerprint density at radius 1 is 0.568 bits per heavy atom. The Labute approximate surface area is 698 Å². The van der Waals surface area contributed by atoms with E-state index in [0.717, 1.165) is 228 Å². The monoisotopic (exact) mass is 1610 g/mol. The van der Waals surface area contributed by atoms with Crippen LogP contribution in [0.25, 0.3) is 88.6 Å². The van der Waals surface area contributed by atoms with Crippen LogP contribution < -0.4 is 10.1 Å². The molecule has 2 unspecified atom stereocenters. The number of piperidine rings is 3. The van der Waals surface area contributed by atoms with E-state index in [4.69, 9.17) is 39.4 Å². The fourth-order valence-electron chi connectivity index (χ4n) is 17.5. The van der Waals surface area contributed by atoms with Crippen LogP contribution in [0.15, 0.2) is 139 Å². The predicted octanol–water partition coefficient (Wildman–Crippen LogP) is 20.2. The molecule has 3 aliphatic heterocycles. The van der Waals surface area contributed by atoms with E-state index in [0.29, 0.717) is 98.3 Å². The van der Waals surface area contributed by atoms with Gasteiger partial charge in [-0.3, -0.25) is 19.1 Å². The number of imidazole rings is 3. The Hall–Kier alpha value is -10.4. The number of anilines is 2. The van der Waals surface area contributed by atoms with Crippen molar-refractivity contribution in [2.75, 3.05) is 90.5 Å². The number of aryl methyl sites for hydroxylation is 3. The molecule has 23 heteroatoms. The molecular weight excluding hydrogens is 1490 g/mol. The van der Waals surface area contributed by atoms with Gasteiger partial charge >= 0.3 is 6.09 Å². The lowest BCUT2D eigenvalue weighted by molar-refractivity contribution is 0.0546. The SMILES string of the molecule is CCCCN(CCCC)C(=O)c1ccc2nc(-c3cccc(C#N)c3)n(CCCN3CCCCC3c3ccc4scc(-c5nc6ccc(C(=O)N(CCCC)CCCC)nc6n5CCCN5CCCC(COc6ccc(Nc7nc8ccc(-c9cc%10ccccc%10n9C(=O)OC(C)(C)C)nc8n7CCCN7CCCCC7)cc6)C5)c4c3)c2n1. The summed E-state index contributed by atoms with van der Waals surface area (Å²) in [7, 11) is 0. The summed E-state index contributed by atoms with van der Waals surface area (Å²) >= 11 is 1.75. The van der Waals surface area contributed by atoms with Gasteiger partial charge in [0.2, 0.25) is 5.95 Å². The highest BCUT2D eigenvalue weighted by Crippen LogP contribution is 2.41. The molecule has 2 atom stereocenters. The van der Waals surface area contributed by atoms with E-state index >= 15 is 0 Å². The second-order valence-electron chi connectivity index (χ2n) is 33.7. The Morgan fingerprint density at radius 3 is 1.87 bits per heavy atom. The molecule has 11 heterocycles. The number of rotatable bonds is 35. The third-order valence-electron chi connectivity index (χ3n) is 23.7. The number of carbonyl (C=O) groups excluding carboxylic acids is 3. The molecule has 0 bridgehead atoms. The highest BCUT2D eigenvalue weighted by atomic mass is 32.1. The molecular formula is C95H117N17O5S. The molecule has 618 valence electrons. The lowest BCUT2D eigenvalue weighted by Crippen LogP contribution is -2.38. The van der Waals surface area contributed by atoms with E-state index in [9.17, 15) is 19.6 Å². The van der Waals surface area contributed by atoms with Gasteiger partial charge in [-0.05, 0) is 246 Å². The maximum Gasteiger partial charge on any atom is 0.419 e. The van der Waals surface area contributed by atoms with Gasteiger partial charge in [0.25, 0.3) is 11.8 Å². The molecule has 3 saturated heterocycles. The first kappa shape index (κ1) is 82.7. The summed E-state index contributed by atoms with van der Waals surface area (Å²) in [5.74, 6) is 3.42. The van der Waals surface area contributed by atoms with Crippen LogP contribution in [0, 0.1) is 17.2 Å². The third kappa shape index (κ3) is 19.3. The number of hydrogen-bond donors (Lipinski definition) is 1. The number of hydrogen-bond acceptors (Lipinski definition) is 17. The lowest BCUT2D eigenvalue weighted by atomic mass is 9.94. The van der Waals surface area contributed by atoms with Gasteiger partial charge in [-0.1, -0.05) is 103 Å². The number of benzene rings is 4. The van der Waals surface area contributed by atoms with Crippen molar-refractivity contribution in [2.24, 2.45) is 5.92 Å². The summed E-state index contributed by atoms with van der Waals surface area (Å²) in [5.41, 5.74) is 11.4. The highest BCUT2D eigenvalue weighted by molar-refractivity contribution is 7.17. The Kier molecular flexibility index (Phi) is 27.0. The molecule has 8 aromatic heterocycles. The number of fused-ring (bicyclic) bond motifs is 5. The van der Waals surface area contributed by atoms with Crippen molar-refractivity contribution in [2.45, 2.75) is 202 Å². The van der Waals surface area contributed by atoms with Crippen molar-refractivity contribution in [3.05, 3.63) is 161 Å². The number of pyridine rings is 3. The molecule has 22 nitrogen and oxygen atoms in total. The zero-order chi connectivity index (χ0) is 81.7. The van der Waals surface area contributed by atoms with Crippen molar-refractivity contribution < 1.29 is 23.9 Å². The smallest absolute Gasteiger partial charge is 0.419 e. The average molecular weight is 1610 g/mol. The minimum Gasteiger partial charge on any atom is -0.493 e. The molecule has 3 aliphatic rings. The van der Waals surface area contributed by atoms with Gasteiger partial charge < -0.3 is 43.5 Å². The first-order chi connectivity index (χ1) is 57.6. The summed E-state index contributed by atoms with van der Waals surface area (Å²) in [6.45, 7) is 27.6. The van der Waals surface area contributed by atoms with Crippen LogP contribution in [0.3, 0.4) is 0 Å². The van der Waals surface area contributed by atoms with Crippen molar-refractivity contribution in [3.63, 3.8) is 0 Å². The van der Waals surface area contributed by atoms with Crippen LogP contribution in [0.1, 0.15) is 209 Å². The maximum absolute atomic E-state index is 14.6. The zero-order valence-electron chi connectivity index (χ0n) is 70.3. The first-order valence-corrected chi connectivity index (χ1v) is 44.8. The number of carbonyl (C=O) groups is 3. The van der Waals surface area contributed by atoms with Gasteiger partial charge in [-0.15, -0.1) is 11.3 Å². The van der Waals surface area contributed by atoms with Crippen molar-refractivity contribution in [1.82, 2.24) is 72.7 Å². The van der Waals surface area contributed by atoms with Crippen molar-refractivity contribution in [1.29, 1.82) is 5.26 Å². The van der Waals surface area contributed by atoms with Gasteiger partial charge in [0.1, 0.15) is 50.9 Å². The Bertz CT molecular complexity index is 5490. The average Bonchev–Trinajstić information content (AvgIpc) is 1.61. The highest BCUT2D eigenvalue weighted by Gasteiger charge is 2.31. The zero-order valence-corrected chi connectivity index (χ0v) is 71.1. The number of likely N-dealkylation sites (tertiary alicyclic amines) is 3. The molecule has 2 amide bonds. The number of nitrogens with zero attached hydrogens (tertiary/aromatic N) is 16. The van der Waals surface area contributed by atoms with E-state index in [1.165, 1.54) is 34.9 Å². The Morgan fingerprint density at radius 2 is 1.19 bits per heavy atom. The fraction of sp³-hybridized carbons (Fsp3) is 0.474. The first-order valence-electron chi connectivity index (χ1n) is 43.9. The quantitative estimate of drug-likeness (QED) is 0.0390. The lowest BCUT2D eigenvalue weighted by Gasteiger charge is -2.36. The normalized spacial score (nSPS) is 15.9. The van der Waals surface area contributed by atoms with Gasteiger partial charge in [0.15, 0.2) is 16.9 Å². The summed E-state index contributed by atoms with van der Waals surface area (Å²) in [4.78, 5) is 86.1. The van der Waals surface area contributed by atoms with Gasteiger partial charge in [-0.25, -0.2) is 39.3 Å². The van der Waals surface area contributed by atoms with Crippen LogP contribution in [0.2, 0.25) is 0 Å². The van der Waals surface area contributed by atoms with Gasteiger partial charge in [0.05, 0.1) is 35.1 Å². The molecule has 4 aromatic carbocycles. The van der Waals surface area contributed by atoms with E-state index in [1.54, 1.807) is 15.9 Å². The van der Waals surface area contributed by atoms with E-state index < -0.39 is 11.7 Å². The second-order valence-corrected chi connectivity index (χ2v) is 34.6. The molecule has 118 heavy (non-hydrogen) atoms. The number of unbranched alkanes of at least 4 members (excludes halogenated alkanes) is 4.